The van der Waals surface area contributed by atoms with Crippen molar-refractivity contribution in [3.8, 4) is 22.4 Å². The number of allylic oxidation sites excluding steroid dienone is 1. The molecule has 6 atom stereocenters. The molecule has 72 heavy (non-hydrogen) atoms. The number of hydrogen-bond acceptors (Lipinski definition) is 12. The molecule has 2 fully saturated rings. The van der Waals surface area contributed by atoms with Gasteiger partial charge in [0.05, 0.1) is 53.8 Å². The summed E-state index contributed by atoms with van der Waals surface area (Å²) in [5.74, 6) is -0.808. The molecule has 2 saturated heterocycles. The Morgan fingerprint density at radius 2 is 1.21 bits per heavy atom. The molecular weight excluding hydrogens is 947 g/mol. The van der Waals surface area contributed by atoms with Crippen LogP contribution in [0.25, 0.3) is 28.0 Å². The fraction of sp³-hybridized carbons (Fsp3) is 0.490. The maximum absolute atomic E-state index is 14.3. The number of alkyl carbamates (subject to hydrolysis) is 1. The molecule has 8 rings (SSSR count). The van der Waals surface area contributed by atoms with E-state index in [1.54, 1.807) is 11.1 Å². The predicted molar refractivity (Wildman–Crippen MR) is 281 cm³/mol. The summed E-state index contributed by atoms with van der Waals surface area (Å²) in [5, 5.41) is 35.0. The number of methoxy groups -OCH3 is 1. The summed E-state index contributed by atoms with van der Waals surface area (Å²) in [6.07, 6.45) is 8.80. The van der Waals surface area contributed by atoms with Crippen LogP contribution < -0.4 is 21.3 Å². The summed E-state index contributed by atoms with van der Waals surface area (Å²) in [5.41, 5.74) is 6.77. The van der Waals surface area contributed by atoms with E-state index in [2.05, 4.69) is 112 Å². The lowest BCUT2D eigenvalue weighted by atomic mass is 9.95. The van der Waals surface area contributed by atoms with Crippen molar-refractivity contribution in [1.82, 2.24) is 60.4 Å². The van der Waals surface area contributed by atoms with Crippen LogP contribution >= 0.6 is 0 Å². The number of carbonyl (C=O) groups is 4. The van der Waals surface area contributed by atoms with Gasteiger partial charge < -0.3 is 35.3 Å². The zero-order valence-electron chi connectivity index (χ0n) is 43.3. The lowest BCUT2D eigenvalue weighted by Crippen LogP contribution is -2.53. The second-order valence-electron chi connectivity index (χ2n) is 22.1. The van der Waals surface area contributed by atoms with Crippen LogP contribution in [0.15, 0.2) is 78.3 Å². The molecule has 6 heterocycles. The zero-order valence-corrected chi connectivity index (χ0v) is 45.3. The third-order valence-corrected chi connectivity index (χ3v) is 17.6. The van der Waals surface area contributed by atoms with E-state index in [1.807, 2.05) is 72.7 Å². The molecule has 0 radical (unpaired) electrons. The molecule has 382 valence electrons. The minimum Gasteiger partial charge on any atom is -0.453 e. The molecule has 3 aliphatic heterocycles. The Balaban J connectivity index is 0.962. The number of benzene rings is 2. The number of nitrogens with zero attached hydrogens (tertiary/aromatic N) is 10. The van der Waals surface area contributed by atoms with Crippen LogP contribution in [-0.4, -0.2) is 145 Å². The third kappa shape index (κ3) is 11.1. The van der Waals surface area contributed by atoms with E-state index in [9.17, 15) is 24.3 Å². The number of amides is 4. The smallest absolute Gasteiger partial charge is 0.407 e. The number of aromatic nitrogens is 8. The molecule has 3 unspecified atom stereocenters. The number of H-pyrrole nitrogens is 1. The Morgan fingerprint density at radius 3 is 1.69 bits per heavy atom. The molecule has 3 aliphatic rings. The van der Waals surface area contributed by atoms with Crippen molar-refractivity contribution in [2.24, 2.45) is 16.8 Å². The van der Waals surface area contributed by atoms with Crippen LogP contribution in [0.4, 0.5) is 4.79 Å². The summed E-state index contributed by atoms with van der Waals surface area (Å²) < 4.78 is 8.64. The van der Waals surface area contributed by atoms with Gasteiger partial charge in [-0.15, -0.1) is 10.2 Å². The number of rotatable bonds is 16. The Bertz CT molecular complexity index is 2840. The van der Waals surface area contributed by atoms with Crippen LogP contribution in [0.3, 0.4) is 0 Å². The standard InChI is InChI=1S/C51H69N13O6Si2/c1-30(2)46(55-43(66)29-65)49(67)62-26-38(64-28-45(58-60-64)72(9,10)11)22-42(62)48-53-24-40(54-48)35-18-16-33(17-19-35)32-12-14-34(15-13-32)36-20-39(52-23-36)41-21-37(63-27-44(57-59-63)71(6,7)8)25-61(41)50(68)47(31(3)4)56-51(69)70-5/h12-19,23-24,27-28,30-31,37-38,41-42,46-47,65H,20-22,25-26,29H2,1-11H3,(H,53,54)(H,55,66)(H,56,69)/t37-,38-,41?,42?,46?,47+/m1/s1. The van der Waals surface area contributed by atoms with Crippen molar-refractivity contribution in [1.29, 1.82) is 0 Å². The summed E-state index contributed by atoms with van der Waals surface area (Å²) in [7, 11) is -2.16. The van der Waals surface area contributed by atoms with Crippen molar-refractivity contribution >= 4 is 61.9 Å². The lowest BCUT2D eigenvalue weighted by Gasteiger charge is -2.31. The van der Waals surface area contributed by atoms with Crippen molar-refractivity contribution in [3.05, 3.63) is 84.7 Å². The molecule has 0 spiro atoms. The average Bonchev–Trinajstić information content (AvgIpc) is 4.21. The predicted octanol–water partition coefficient (Wildman–Crippen LogP) is 5.07. The van der Waals surface area contributed by atoms with Crippen LogP contribution in [0.2, 0.25) is 39.3 Å². The largest absolute Gasteiger partial charge is 0.453 e. The SMILES string of the molecule is COC(=O)N[C@H](C(=O)N1C[C@H](n2cc([Si](C)(C)C)nn2)CC1C1=NC=C(c2ccc(-c3ccc(-c4cnc(C5C[C@@H](n6cc([Si](C)(C)C)nn6)CN5C(=O)C(NC(=O)CO)C(C)C)[nH]4)cc3)cc2)C1)C(C)C. The number of aromatic amines is 1. The first-order valence-corrected chi connectivity index (χ1v) is 31.9. The van der Waals surface area contributed by atoms with Gasteiger partial charge in [-0.05, 0) is 52.5 Å². The Kier molecular flexibility index (Phi) is 15.0. The number of carbonyl (C=O) groups excluding carboxylic acids is 4. The van der Waals surface area contributed by atoms with Gasteiger partial charge >= 0.3 is 6.09 Å². The second kappa shape index (κ2) is 20.9. The van der Waals surface area contributed by atoms with Crippen LogP contribution in [0.1, 0.15) is 76.5 Å². The Labute approximate surface area is 422 Å². The van der Waals surface area contributed by atoms with Gasteiger partial charge in [0.25, 0.3) is 0 Å². The second-order valence-corrected chi connectivity index (χ2v) is 32.1. The molecule has 4 amide bonds. The number of nitrogens with one attached hydrogen (secondary N) is 3. The highest BCUT2D eigenvalue weighted by molar-refractivity contribution is 6.88. The van der Waals surface area contributed by atoms with E-state index >= 15 is 0 Å². The molecular formula is C51H69N13O6Si2. The number of imidazole rings is 1. The lowest BCUT2D eigenvalue weighted by molar-refractivity contribution is -0.139. The molecule has 0 saturated carbocycles. The minimum absolute atomic E-state index is 0.108. The highest BCUT2D eigenvalue weighted by atomic mass is 28.3. The summed E-state index contributed by atoms with van der Waals surface area (Å²) in [6.45, 7) is 21.0. The van der Waals surface area contributed by atoms with Gasteiger partial charge in [0.1, 0.15) is 40.7 Å². The van der Waals surface area contributed by atoms with Crippen LogP contribution in [-0.2, 0) is 19.1 Å². The molecule has 0 bridgehead atoms. The van der Waals surface area contributed by atoms with Gasteiger partial charge in [-0.25, -0.2) is 19.1 Å². The van der Waals surface area contributed by atoms with Gasteiger partial charge in [0.15, 0.2) is 0 Å². The normalized spacial score (nSPS) is 20.2. The minimum atomic E-state index is -1.74. The van der Waals surface area contributed by atoms with Crippen LogP contribution in [0, 0.1) is 11.8 Å². The topological polar surface area (TPSA) is 231 Å². The molecule has 5 aromatic rings. The average molecular weight is 1020 g/mol. The fourth-order valence-corrected chi connectivity index (χ4v) is 11.4. The first-order chi connectivity index (χ1) is 34.1. The Hall–Kier alpha value is -6.59. The molecule has 2 aromatic carbocycles. The maximum atomic E-state index is 14.3. The van der Waals surface area contributed by atoms with Crippen LogP contribution in [0.5, 0.6) is 0 Å². The maximum Gasteiger partial charge on any atom is 0.407 e. The number of aliphatic hydroxyl groups excluding tert-OH is 1. The van der Waals surface area contributed by atoms with Crippen molar-refractivity contribution in [2.75, 3.05) is 26.8 Å². The fourth-order valence-electron chi connectivity index (χ4n) is 9.66. The summed E-state index contributed by atoms with van der Waals surface area (Å²) >= 11 is 0. The van der Waals surface area contributed by atoms with Crippen molar-refractivity contribution < 1.29 is 29.0 Å². The van der Waals surface area contributed by atoms with Gasteiger partial charge in [0, 0.05) is 43.8 Å². The van der Waals surface area contributed by atoms with Gasteiger partial charge in [0.2, 0.25) is 17.7 Å². The number of aliphatic imine (C=N–C) groups is 1. The van der Waals surface area contributed by atoms with Gasteiger partial charge in [-0.1, -0.05) is 126 Å². The first kappa shape index (κ1) is 51.8. The molecule has 4 N–H and O–H groups in total. The zero-order chi connectivity index (χ0) is 51.8. The molecule has 3 aromatic heterocycles. The summed E-state index contributed by atoms with van der Waals surface area (Å²) in [4.78, 5) is 70.2. The van der Waals surface area contributed by atoms with E-state index in [4.69, 9.17) is 14.7 Å². The highest BCUT2D eigenvalue weighted by Crippen LogP contribution is 2.39. The number of aliphatic hydroxyl groups is 1. The molecule has 21 heteroatoms. The van der Waals surface area contributed by atoms with E-state index in [0.29, 0.717) is 38.2 Å². The quantitative estimate of drug-likeness (QED) is 0.0954. The van der Waals surface area contributed by atoms with E-state index < -0.39 is 52.9 Å². The van der Waals surface area contributed by atoms with E-state index in [0.717, 1.165) is 49.9 Å². The van der Waals surface area contributed by atoms with Crippen molar-refractivity contribution in [2.45, 2.75) is 122 Å². The van der Waals surface area contributed by atoms with Gasteiger partial charge in [-0.2, -0.15) is 0 Å². The molecule has 0 aliphatic carbocycles. The highest BCUT2D eigenvalue weighted by Gasteiger charge is 2.45. The number of likely N-dealkylation sites (tertiary alicyclic amines) is 2. The Morgan fingerprint density at radius 1 is 0.722 bits per heavy atom. The van der Waals surface area contributed by atoms with E-state index in [1.165, 1.54) is 7.11 Å². The van der Waals surface area contributed by atoms with Crippen molar-refractivity contribution in [3.63, 3.8) is 0 Å². The van der Waals surface area contributed by atoms with E-state index in [-0.39, 0.29) is 41.8 Å². The number of ether oxygens (including phenoxy) is 1. The monoisotopic (exact) mass is 1020 g/mol. The number of hydrogen-bond donors (Lipinski definition) is 4. The first-order valence-electron chi connectivity index (χ1n) is 24.9. The third-order valence-electron chi connectivity index (χ3n) is 14.1. The van der Waals surface area contributed by atoms with Gasteiger partial charge in [-0.3, -0.25) is 19.4 Å². The summed E-state index contributed by atoms with van der Waals surface area (Å²) in [6, 6.07) is 14.0. The molecule has 19 nitrogen and oxygen atoms in total.